The van der Waals surface area contributed by atoms with E-state index in [4.69, 9.17) is 9.47 Å². The summed E-state index contributed by atoms with van der Waals surface area (Å²) in [6.07, 6.45) is 0. The van der Waals surface area contributed by atoms with Crippen molar-refractivity contribution in [3.8, 4) is 11.5 Å². The van der Waals surface area contributed by atoms with E-state index in [1.54, 1.807) is 6.92 Å². The fraction of sp³-hybridized carbons (Fsp3) is 0.188. The zero-order valence-electron chi connectivity index (χ0n) is 11.9. The number of ether oxygens (including phenoxy) is 2. The van der Waals surface area contributed by atoms with Crippen molar-refractivity contribution in [1.29, 1.82) is 0 Å². The van der Waals surface area contributed by atoms with Crippen LogP contribution in [-0.4, -0.2) is 19.1 Å². The van der Waals surface area contributed by atoms with Crippen LogP contribution in [0.25, 0.3) is 0 Å². The minimum atomic E-state index is -0.564. The summed E-state index contributed by atoms with van der Waals surface area (Å²) in [6.45, 7) is 1.79. The number of rotatable bonds is 6. The molecule has 116 valence electrons. The molecule has 0 saturated carbocycles. The van der Waals surface area contributed by atoms with Gasteiger partial charge in [0.1, 0.15) is 11.6 Å². The molecule has 1 amide bonds. The average Bonchev–Trinajstić information content (AvgIpc) is 2.48. The first-order chi connectivity index (χ1) is 10.6. The number of carbonyl (C=O) groups excluding carboxylic acids is 1. The molecule has 2 aromatic carbocycles. The van der Waals surface area contributed by atoms with E-state index in [0.717, 1.165) is 6.07 Å². The molecule has 2 rings (SSSR count). The molecule has 1 N–H and O–H groups in total. The summed E-state index contributed by atoms with van der Waals surface area (Å²) in [4.78, 5) is 11.7. The van der Waals surface area contributed by atoms with E-state index in [1.165, 1.54) is 36.4 Å². The highest BCUT2D eigenvalue weighted by Crippen LogP contribution is 2.21. The smallest absolute Gasteiger partial charge is 0.262 e. The normalized spacial score (nSPS) is 10.1. The third-order valence-electron chi connectivity index (χ3n) is 2.68. The van der Waals surface area contributed by atoms with Gasteiger partial charge in [-0.3, -0.25) is 4.79 Å². The van der Waals surface area contributed by atoms with Crippen LogP contribution in [-0.2, 0) is 4.79 Å². The minimum Gasteiger partial charge on any atom is -0.491 e. The molecule has 0 aliphatic heterocycles. The number of nitrogens with one attached hydrogen (secondary N) is 1. The summed E-state index contributed by atoms with van der Waals surface area (Å²) < 4.78 is 36.8. The predicted octanol–water partition coefficient (Wildman–Crippen LogP) is 3.38. The predicted molar refractivity (Wildman–Crippen MR) is 78.1 cm³/mol. The van der Waals surface area contributed by atoms with Gasteiger partial charge in [0.15, 0.2) is 18.2 Å². The lowest BCUT2D eigenvalue weighted by Gasteiger charge is -2.09. The standard InChI is InChI=1S/C16H15F2NO3/c1-2-21-15-7-6-12(9-14(15)18)19-16(20)10-22-13-5-3-4-11(17)8-13/h3-9H,2,10H2,1H3,(H,19,20). The molecule has 0 unspecified atom stereocenters. The van der Waals surface area contributed by atoms with E-state index in [-0.39, 0.29) is 23.8 Å². The number of halogens is 2. The third-order valence-corrected chi connectivity index (χ3v) is 2.68. The van der Waals surface area contributed by atoms with Crippen LogP contribution in [0.1, 0.15) is 6.92 Å². The molecule has 0 radical (unpaired) electrons. The van der Waals surface area contributed by atoms with Crippen LogP contribution in [0.15, 0.2) is 42.5 Å². The first-order valence-corrected chi connectivity index (χ1v) is 6.69. The van der Waals surface area contributed by atoms with E-state index in [0.29, 0.717) is 6.61 Å². The van der Waals surface area contributed by atoms with Gasteiger partial charge in [0.2, 0.25) is 0 Å². The molecular formula is C16H15F2NO3. The highest BCUT2D eigenvalue weighted by Gasteiger charge is 2.08. The Morgan fingerprint density at radius 2 is 1.95 bits per heavy atom. The Morgan fingerprint density at radius 3 is 2.64 bits per heavy atom. The van der Waals surface area contributed by atoms with Crippen LogP contribution in [0.4, 0.5) is 14.5 Å². The van der Waals surface area contributed by atoms with Gasteiger partial charge in [0.05, 0.1) is 6.61 Å². The largest absolute Gasteiger partial charge is 0.491 e. The van der Waals surface area contributed by atoms with Gasteiger partial charge < -0.3 is 14.8 Å². The first-order valence-electron chi connectivity index (χ1n) is 6.69. The Labute approximate surface area is 126 Å². The third kappa shape index (κ3) is 4.44. The molecule has 6 heteroatoms. The van der Waals surface area contributed by atoms with Crippen molar-refractivity contribution in [1.82, 2.24) is 0 Å². The van der Waals surface area contributed by atoms with Crippen molar-refractivity contribution >= 4 is 11.6 Å². The second-order valence-electron chi connectivity index (χ2n) is 4.37. The number of anilines is 1. The van der Waals surface area contributed by atoms with Crippen LogP contribution < -0.4 is 14.8 Å². The zero-order valence-corrected chi connectivity index (χ0v) is 11.9. The minimum absolute atomic E-state index is 0.122. The number of benzene rings is 2. The number of hydrogen-bond donors (Lipinski definition) is 1. The molecule has 0 spiro atoms. The van der Waals surface area contributed by atoms with Gasteiger partial charge in [-0.25, -0.2) is 8.78 Å². The van der Waals surface area contributed by atoms with Crippen LogP contribution in [0.5, 0.6) is 11.5 Å². The van der Waals surface area contributed by atoms with E-state index < -0.39 is 17.5 Å². The maximum atomic E-state index is 13.6. The second kappa shape index (κ2) is 7.40. The Kier molecular flexibility index (Phi) is 5.30. The summed E-state index contributed by atoms with van der Waals surface area (Å²) in [5, 5.41) is 2.48. The van der Waals surface area contributed by atoms with Crippen LogP contribution in [0, 0.1) is 11.6 Å². The van der Waals surface area contributed by atoms with Crippen LogP contribution in [0.2, 0.25) is 0 Å². The van der Waals surface area contributed by atoms with Crippen molar-refractivity contribution in [3.05, 3.63) is 54.1 Å². The Bertz CT molecular complexity index is 662. The van der Waals surface area contributed by atoms with E-state index in [2.05, 4.69) is 5.32 Å². The van der Waals surface area contributed by atoms with Gasteiger partial charge in [-0.15, -0.1) is 0 Å². The van der Waals surface area contributed by atoms with E-state index in [9.17, 15) is 13.6 Å². The topological polar surface area (TPSA) is 47.6 Å². The molecule has 0 heterocycles. The van der Waals surface area contributed by atoms with E-state index in [1.807, 2.05) is 0 Å². The first kappa shape index (κ1) is 15.8. The monoisotopic (exact) mass is 307 g/mol. The fourth-order valence-electron chi connectivity index (χ4n) is 1.75. The van der Waals surface area contributed by atoms with Gasteiger partial charge in [-0.2, -0.15) is 0 Å². The van der Waals surface area contributed by atoms with E-state index >= 15 is 0 Å². The van der Waals surface area contributed by atoms with Crippen molar-refractivity contribution in [2.75, 3.05) is 18.5 Å². The number of hydrogen-bond acceptors (Lipinski definition) is 3. The van der Waals surface area contributed by atoms with Crippen LogP contribution in [0.3, 0.4) is 0 Å². The summed E-state index contributed by atoms with van der Waals surface area (Å²) in [7, 11) is 0. The van der Waals surface area contributed by atoms with Gasteiger partial charge >= 0.3 is 0 Å². The van der Waals surface area contributed by atoms with Gasteiger partial charge in [-0.1, -0.05) is 6.07 Å². The lowest BCUT2D eigenvalue weighted by molar-refractivity contribution is -0.118. The van der Waals surface area contributed by atoms with Gasteiger partial charge in [0.25, 0.3) is 5.91 Å². The van der Waals surface area contributed by atoms with Gasteiger partial charge in [0, 0.05) is 17.8 Å². The summed E-state index contributed by atoms with van der Waals surface area (Å²) >= 11 is 0. The number of amides is 1. The van der Waals surface area contributed by atoms with Gasteiger partial charge in [-0.05, 0) is 31.2 Å². The Balaban J connectivity index is 1.90. The number of carbonyl (C=O) groups is 1. The van der Waals surface area contributed by atoms with Crippen molar-refractivity contribution in [2.45, 2.75) is 6.92 Å². The second-order valence-corrected chi connectivity index (χ2v) is 4.37. The summed E-state index contributed by atoms with van der Waals surface area (Å²) in [6, 6.07) is 9.57. The Hall–Kier alpha value is -2.63. The SMILES string of the molecule is CCOc1ccc(NC(=O)COc2cccc(F)c2)cc1F. The maximum Gasteiger partial charge on any atom is 0.262 e. The highest BCUT2D eigenvalue weighted by atomic mass is 19.1. The summed E-state index contributed by atoms with van der Waals surface area (Å²) in [5.41, 5.74) is 0.286. The summed E-state index contributed by atoms with van der Waals surface area (Å²) in [5.74, 6) is -1.13. The molecule has 0 fully saturated rings. The average molecular weight is 307 g/mol. The van der Waals surface area contributed by atoms with Crippen molar-refractivity contribution < 1.29 is 23.0 Å². The lowest BCUT2D eigenvalue weighted by atomic mass is 10.3. The molecule has 0 aromatic heterocycles. The molecule has 0 aliphatic carbocycles. The molecule has 0 saturated heterocycles. The lowest BCUT2D eigenvalue weighted by Crippen LogP contribution is -2.20. The highest BCUT2D eigenvalue weighted by molar-refractivity contribution is 5.91. The van der Waals surface area contributed by atoms with Crippen molar-refractivity contribution in [2.24, 2.45) is 0 Å². The molecule has 0 bridgehead atoms. The molecule has 2 aromatic rings. The maximum absolute atomic E-state index is 13.6. The Morgan fingerprint density at radius 1 is 1.14 bits per heavy atom. The fourth-order valence-corrected chi connectivity index (χ4v) is 1.75. The van der Waals surface area contributed by atoms with Crippen molar-refractivity contribution in [3.63, 3.8) is 0 Å². The molecule has 4 nitrogen and oxygen atoms in total. The molecule has 0 atom stereocenters. The zero-order chi connectivity index (χ0) is 15.9. The quantitative estimate of drug-likeness (QED) is 0.890. The molecular weight excluding hydrogens is 292 g/mol. The van der Waals surface area contributed by atoms with Crippen LogP contribution >= 0.6 is 0 Å². The molecule has 0 aliphatic rings. The molecule has 22 heavy (non-hydrogen) atoms.